The molecule has 0 saturated heterocycles. The molecule has 0 spiro atoms. The normalized spacial score (nSPS) is 15.4. The van der Waals surface area contributed by atoms with Crippen molar-refractivity contribution in [3.05, 3.63) is 95.2 Å². The molecule has 0 aliphatic carbocycles. The van der Waals surface area contributed by atoms with E-state index in [4.69, 9.17) is 9.47 Å². The van der Waals surface area contributed by atoms with Gasteiger partial charge in [-0.3, -0.25) is 0 Å². The first-order valence-corrected chi connectivity index (χ1v) is 12.1. The summed E-state index contributed by atoms with van der Waals surface area (Å²) in [6, 6.07) is 25.4. The molecule has 0 fully saturated rings. The molecule has 0 saturated carbocycles. The maximum Gasteiger partial charge on any atom is 0.120 e. The van der Waals surface area contributed by atoms with Crippen molar-refractivity contribution in [1.29, 1.82) is 0 Å². The predicted octanol–water partition coefficient (Wildman–Crippen LogP) is 6.55. The minimum Gasteiger partial charge on any atom is -0.494 e. The summed E-state index contributed by atoms with van der Waals surface area (Å²) < 4.78 is 12.0. The molecule has 4 heteroatoms. The molecule has 1 unspecified atom stereocenters. The fourth-order valence-corrected chi connectivity index (χ4v) is 4.62. The molecule has 2 N–H and O–H groups in total. The standard InChI is InChI=1S/C29H32N2O2/c1-2-3-7-18-32-23-12-10-22(11-13-23)28-29-25(16-17-30-28)26-19-24(14-15-27(26)31-29)33-20-21-8-5-4-6-9-21/h4-6,8-15,19,28,30-31H,2-3,7,16-18,20H2,1H3. The highest BCUT2D eigenvalue weighted by Crippen LogP contribution is 2.35. The van der Waals surface area contributed by atoms with Gasteiger partial charge in [-0.2, -0.15) is 0 Å². The minimum absolute atomic E-state index is 0.156. The predicted molar refractivity (Wildman–Crippen MR) is 134 cm³/mol. The van der Waals surface area contributed by atoms with Gasteiger partial charge in [0, 0.05) is 23.1 Å². The molecule has 0 radical (unpaired) electrons. The van der Waals surface area contributed by atoms with E-state index in [-0.39, 0.29) is 6.04 Å². The fraction of sp³-hybridized carbons (Fsp3) is 0.310. The van der Waals surface area contributed by atoms with Gasteiger partial charge in [0.05, 0.1) is 12.6 Å². The van der Waals surface area contributed by atoms with Crippen LogP contribution in [0.2, 0.25) is 0 Å². The molecule has 1 aromatic heterocycles. The fourth-order valence-electron chi connectivity index (χ4n) is 4.62. The van der Waals surface area contributed by atoms with Crippen molar-refractivity contribution < 1.29 is 9.47 Å². The van der Waals surface area contributed by atoms with E-state index >= 15 is 0 Å². The van der Waals surface area contributed by atoms with Crippen molar-refractivity contribution in [2.45, 2.75) is 45.3 Å². The summed E-state index contributed by atoms with van der Waals surface area (Å²) in [4.78, 5) is 3.68. The van der Waals surface area contributed by atoms with E-state index < -0.39 is 0 Å². The summed E-state index contributed by atoms with van der Waals surface area (Å²) in [7, 11) is 0. The zero-order valence-electron chi connectivity index (χ0n) is 19.3. The number of nitrogens with one attached hydrogen (secondary N) is 2. The number of benzene rings is 3. The average Bonchev–Trinajstić information content (AvgIpc) is 3.25. The van der Waals surface area contributed by atoms with Crippen LogP contribution < -0.4 is 14.8 Å². The lowest BCUT2D eigenvalue weighted by Gasteiger charge is -2.25. The Morgan fingerprint density at radius 3 is 2.52 bits per heavy atom. The Labute approximate surface area is 195 Å². The number of unbranched alkanes of at least 4 members (excludes halogenated alkanes) is 2. The maximum absolute atomic E-state index is 6.09. The van der Waals surface area contributed by atoms with Crippen molar-refractivity contribution in [2.24, 2.45) is 0 Å². The number of fused-ring (bicyclic) bond motifs is 3. The molecule has 170 valence electrons. The van der Waals surface area contributed by atoms with Gasteiger partial charge in [0.1, 0.15) is 18.1 Å². The van der Waals surface area contributed by atoms with Crippen LogP contribution in [0.4, 0.5) is 0 Å². The lowest BCUT2D eigenvalue weighted by atomic mass is 9.94. The third kappa shape index (κ3) is 4.91. The molecule has 33 heavy (non-hydrogen) atoms. The van der Waals surface area contributed by atoms with Crippen LogP contribution in [0.25, 0.3) is 10.9 Å². The molecule has 2 heterocycles. The number of hydrogen-bond donors (Lipinski definition) is 2. The van der Waals surface area contributed by atoms with Crippen molar-refractivity contribution in [3.8, 4) is 11.5 Å². The summed E-state index contributed by atoms with van der Waals surface area (Å²) in [5.74, 6) is 1.86. The first-order valence-electron chi connectivity index (χ1n) is 12.1. The quantitative estimate of drug-likeness (QED) is 0.290. The Kier molecular flexibility index (Phi) is 6.63. The monoisotopic (exact) mass is 440 g/mol. The highest BCUT2D eigenvalue weighted by molar-refractivity contribution is 5.86. The second-order valence-corrected chi connectivity index (χ2v) is 8.76. The highest BCUT2D eigenvalue weighted by Gasteiger charge is 2.25. The highest BCUT2D eigenvalue weighted by atomic mass is 16.5. The van der Waals surface area contributed by atoms with Crippen molar-refractivity contribution in [1.82, 2.24) is 10.3 Å². The average molecular weight is 441 g/mol. The zero-order valence-corrected chi connectivity index (χ0v) is 19.3. The molecular formula is C29H32N2O2. The van der Waals surface area contributed by atoms with E-state index in [1.807, 2.05) is 18.2 Å². The van der Waals surface area contributed by atoms with E-state index in [9.17, 15) is 0 Å². The van der Waals surface area contributed by atoms with Crippen LogP contribution in [0.3, 0.4) is 0 Å². The van der Waals surface area contributed by atoms with Gasteiger partial charge in [-0.05, 0) is 59.9 Å². The number of aromatic amines is 1. The topological polar surface area (TPSA) is 46.3 Å². The molecule has 3 aromatic carbocycles. The van der Waals surface area contributed by atoms with Gasteiger partial charge >= 0.3 is 0 Å². The van der Waals surface area contributed by atoms with Crippen LogP contribution >= 0.6 is 0 Å². The first kappa shape index (κ1) is 21.6. The van der Waals surface area contributed by atoms with Crippen LogP contribution in [0.15, 0.2) is 72.8 Å². The summed E-state index contributed by atoms with van der Waals surface area (Å²) >= 11 is 0. The summed E-state index contributed by atoms with van der Waals surface area (Å²) in [6.45, 7) is 4.53. The Morgan fingerprint density at radius 1 is 0.879 bits per heavy atom. The molecule has 5 rings (SSSR count). The second kappa shape index (κ2) is 10.1. The lowest BCUT2D eigenvalue weighted by Crippen LogP contribution is -2.30. The van der Waals surface area contributed by atoms with Gasteiger partial charge in [-0.1, -0.05) is 62.2 Å². The third-order valence-corrected chi connectivity index (χ3v) is 6.40. The summed E-state index contributed by atoms with van der Waals surface area (Å²) in [5.41, 5.74) is 6.24. The first-order chi connectivity index (χ1) is 16.3. The van der Waals surface area contributed by atoms with Crippen LogP contribution in [0.5, 0.6) is 11.5 Å². The van der Waals surface area contributed by atoms with Crippen molar-refractivity contribution >= 4 is 10.9 Å². The van der Waals surface area contributed by atoms with Crippen LogP contribution in [0, 0.1) is 0 Å². The summed E-state index contributed by atoms with van der Waals surface area (Å²) in [5, 5.41) is 4.95. The van der Waals surface area contributed by atoms with E-state index in [0.717, 1.165) is 43.0 Å². The van der Waals surface area contributed by atoms with Gasteiger partial charge in [0.25, 0.3) is 0 Å². The van der Waals surface area contributed by atoms with Gasteiger partial charge in [0.15, 0.2) is 0 Å². The summed E-state index contributed by atoms with van der Waals surface area (Å²) in [6.07, 6.45) is 4.54. The van der Waals surface area contributed by atoms with Crippen molar-refractivity contribution in [2.75, 3.05) is 13.2 Å². The van der Waals surface area contributed by atoms with Crippen LogP contribution in [0.1, 0.15) is 54.6 Å². The smallest absolute Gasteiger partial charge is 0.120 e. The van der Waals surface area contributed by atoms with Crippen molar-refractivity contribution in [3.63, 3.8) is 0 Å². The number of rotatable bonds is 9. The van der Waals surface area contributed by atoms with Gasteiger partial charge in [-0.25, -0.2) is 0 Å². The van der Waals surface area contributed by atoms with E-state index in [1.165, 1.54) is 40.6 Å². The second-order valence-electron chi connectivity index (χ2n) is 8.76. The van der Waals surface area contributed by atoms with Crippen LogP contribution in [-0.2, 0) is 13.0 Å². The molecule has 1 aliphatic heterocycles. The molecule has 4 aromatic rings. The van der Waals surface area contributed by atoms with Gasteiger partial charge < -0.3 is 19.8 Å². The number of hydrogen-bond acceptors (Lipinski definition) is 3. The van der Waals surface area contributed by atoms with E-state index in [2.05, 4.69) is 71.8 Å². The molecule has 1 atom stereocenters. The molecule has 0 bridgehead atoms. The largest absolute Gasteiger partial charge is 0.494 e. The molecular weight excluding hydrogens is 408 g/mol. The molecule has 1 aliphatic rings. The Bertz CT molecular complexity index is 1180. The van der Waals surface area contributed by atoms with E-state index in [1.54, 1.807) is 0 Å². The number of aromatic nitrogens is 1. The molecule has 4 nitrogen and oxygen atoms in total. The Morgan fingerprint density at radius 2 is 1.70 bits per heavy atom. The SMILES string of the molecule is CCCCCOc1ccc(C2NCCc3c2[nH]c2ccc(OCc4ccccc4)cc32)cc1. The van der Waals surface area contributed by atoms with Gasteiger partial charge in [-0.15, -0.1) is 0 Å². The zero-order chi connectivity index (χ0) is 22.5. The number of ether oxygens (including phenoxy) is 2. The number of H-pyrrole nitrogens is 1. The maximum atomic E-state index is 6.09. The Hall–Kier alpha value is -3.24. The Balaban J connectivity index is 1.33. The van der Waals surface area contributed by atoms with Gasteiger partial charge in [0.2, 0.25) is 0 Å². The van der Waals surface area contributed by atoms with Crippen LogP contribution in [-0.4, -0.2) is 18.1 Å². The van der Waals surface area contributed by atoms with E-state index in [0.29, 0.717) is 6.61 Å². The lowest BCUT2D eigenvalue weighted by molar-refractivity contribution is 0.306. The minimum atomic E-state index is 0.156. The molecule has 0 amide bonds. The third-order valence-electron chi connectivity index (χ3n) is 6.40.